The van der Waals surface area contributed by atoms with Gasteiger partial charge in [0, 0.05) is 31.4 Å². The Kier molecular flexibility index (Phi) is 5.82. The SMILES string of the molecule is O=C(CN(Cc1ccsc1)C1CC1)Nc1cccc(S(=O)(=O)N2CCCC2)c1. The molecule has 0 radical (unpaired) electrons. The number of sulfonamides is 1. The summed E-state index contributed by atoms with van der Waals surface area (Å²) in [6, 6.07) is 9.13. The van der Waals surface area contributed by atoms with Gasteiger partial charge in [0.1, 0.15) is 0 Å². The molecule has 1 N–H and O–H groups in total. The summed E-state index contributed by atoms with van der Waals surface area (Å²) in [5.41, 5.74) is 1.75. The van der Waals surface area contributed by atoms with E-state index >= 15 is 0 Å². The normalized spacial score (nSPS) is 17.9. The Bertz CT molecular complexity index is 918. The third-order valence-corrected chi connectivity index (χ3v) is 7.82. The van der Waals surface area contributed by atoms with Crippen molar-refractivity contribution in [3.8, 4) is 0 Å². The molecule has 0 spiro atoms. The van der Waals surface area contributed by atoms with Crippen LogP contribution in [0.3, 0.4) is 0 Å². The van der Waals surface area contributed by atoms with Gasteiger partial charge in [-0.15, -0.1) is 0 Å². The number of nitrogens with one attached hydrogen (secondary N) is 1. The zero-order chi connectivity index (χ0) is 19.6. The minimum atomic E-state index is -3.48. The number of carbonyl (C=O) groups excluding carboxylic acids is 1. The third-order valence-electron chi connectivity index (χ3n) is 5.20. The van der Waals surface area contributed by atoms with Crippen molar-refractivity contribution in [2.75, 3.05) is 25.0 Å². The average Bonchev–Trinajstić information content (AvgIpc) is 3.14. The average molecular weight is 420 g/mol. The van der Waals surface area contributed by atoms with Crippen LogP contribution in [0.15, 0.2) is 46.0 Å². The van der Waals surface area contributed by atoms with E-state index in [0.717, 1.165) is 32.2 Å². The summed E-state index contributed by atoms with van der Waals surface area (Å²) in [5.74, 6) is -0.113. The molecule has 150 valence electrons. The standard InChI is InChI=1S/C20H25N3O3S2/c24-20(14-22(18-6-7-18)13-16-8-11-27-15-16)21-17-4-3-5-19(12-17)28(25,26)23-9-1-2-10-23/h3-5,8,11-12,15,18H,1-2,6-7,9-10,13-14H2,(H,21,24). The van der Waals surface area contributed by atoms with Gasteiger partial charge in [-0.2, -0.15) is 15.6 Å². The van der Waals surface area contributed by atoms with Crippen molar-refractivity contribution in [1.29, 1.82) is 0 Å². The number of amides is 1. The van der Waals surface area contributed by atoms with Gasteiger partial charge in [0.15, 0.2) is 0 Å². The van der Waals surface area contributed by atoms with Gasteiger partial charge in [-0.1, -0.05) is 6.07 Å². The maximum atomic E-state index is 12.7. The van der Waals surface area contributed by atoms with Gasteiger partial charge in [-0.25, -0.2) is 8.42 Å². The Morgan fingerprint density at radius 2 is 2.00 bits per heavy atom. The van der Waals surface area contributed by atoms with Gasteiger partial charge < -0.3 is 5.32 Å². The quantitative estimate of drug-likeness (QED) is 0.714. The van der Waals surface area contributed by atoms with Crippen LogP contribution in [0.4, 0.5) is 5.69 Å². The highest BCUT2D eigenvalue weighted by Crippen LogP contribution is 2.29. The highest BCUT2D eigenvalue weighted by Gasteiger charge is 2.31. The molecular formula is C20H25N3O3S2. The predicted molar refractivity (Wildman–Crippen MR) is 111 cm³/mol. The first-order valence-corrected chi connectivity index (χ1v) is 12.1. The minimum absolute atomic E-state index is 0.113. The fourth-order valence-electron chi connectivity index (χ4n) is 3.57. The summed E-state index contributed by atoms with van der Waals surface area (Å²) in [5, 5.41) is 7.04. The van der Waals surface area contributed by atoms with E-state index in [9.17, 15) is 13.2 Å². The maximum absolute atomic E-state index is 12.7. The molecule has 1 aliphatic heterocycles. The second kappa shape index (κ2) is 8.32. The molecule has 2 heterocycles. The van der Waals surface area contributed by atoms with Crippen molar-refractivity contribution >= 4 is 33.0 Å². The molecular weight excluding hydrogens is 394 g/mol. The number of hydrogen-bond donors (Lipinski definition) is 1. The van der Waals surface area contributed by atoms with Crippen molar-refractivity contribution in [2.45, 2.75) is 43.2 Å². The lowest BCUT2D eigenvalue weighted by molar-refractivity contribution is -0.117. The summed E-state index contributed by atoms with van der Waals surface area (Å²) in [7, 11) is -3.48. The predicted octanol–water partition coefficient (Wildman–Crippen LogP) is 3.14. The Hall–Kier alpha value is -1.74. The Morgan fingerprint density at radius 1 is 1.21 bits per heavy atom. The smallest absolute Gasteiger partial charge is 0.243 e. The lowest BCUT2D eigenvalue weighted by Gasteiger charge is -2.21. The van der Waals surface area contributed by atoms with E-state index < -0.39 is 10.0 Å². The summed E-state index contributed by atoms with van der Waals surface area (Å²) >= 11 is 1.66. The van der Waals surface area contributed by atoms with Gasteiger partial charge >= 0.3 is 0 Å². The monoisotopic (exact) mass is 419 g/mol. The number of carbonyl (C=O) groups is 1. The molecule has 1 aromatic carbocycles. The second-order valence-corrected chi connectivity index (χ2v) is 10.2. The van der Waals surface area contributed by atoms with Crippen molar-refractivity contribution in [3.63, 3.8) is 0 Å². The van der Waals surface area contributed by atoms with E-state index in [-0.39, 0.29) is 10.8 Å². The van der Waals surface area contributed by atoms with Crippen LogP contribution in [0.2, 0.25) is 0 Å². The summed E-state index contributed by atoms with van der Waals surface area (Å²) < 4.78 is 27.0. The van der Waals surface area contributed by atoms with Crippen LogP contribution in [0, 0.1) is 0 Å². The summed E-state index contributed by atoms with van der Waals surface area (Å²) in [4.78, 5) is 15.0. The van der Waals surface area contributed by atoms with Crippen LogP contribution in [0.1, 0.15) is 31.2 Å². The molecule has 4 rings (SSSR count). The second-order valence-electron chi connectivity index (χ2n) is 7.45. The van der Waals surface area contributed by atoms with Crippen molar-refractivity contribution < 1.29 is 13.2 Å². The number of benzene rings is 1. The Balaban J connectivity index is 1.41. The topological polar surface area (TPSA) is 69.7 Å². The Morgan fingerprint density at radius 3 is 2.68 bits per heavy atom. The molecule has 28 heavy (non-hydrogen) atoms. The number of rotatable bonds is 8. The van der Waals surface area contributed by atoms with Gasteiger partial charge in [0.2, 0.25) is 15.9 Å². The minimum Gasteiger partial charge on any atom is -0.325 e. The van der Waals surface area contributed by atoms with E-state index in [1.165, 1.54) is 9.87 Å². The largest absolute Gasteiger partial charge is 0.325 e. The molecule has 1 amide bonds. The molecule has 2 aliphatic rings. The first-order valence-electron chi connectivity index (χ1n) is 9.67. The molecule has 0 bridgehead atoms. The van der Waals surface area contributed by atoms with Crippen LogP contribution < -0.4 is 5.32 Å². The van der Waals surface area contributed by atoms with Crippen LogP contribution in [0.25, 0.3) is 0 Å². The lowest BCUT2D eigenvalue weighted by atomic mass is 10.3. The van der Waals surface area contributed by atoms with Crippen LogP contribution in [0.5, 0.6) is 0 Å². The molecule has 2 fully saturated rings. The molecule has 1 aliphatic carbocycles. The molecule has 2 aromatic rings. The zero-order valence-electron chi connectivity index (χ0n) is 15.7. The summed E-state index contributed by atoms with van der Waals surface area (Å²) in [6.45, 7) is 2.21. The fourth-order valence-corrected chi connectivity index (χ4v) is 5.79. The van der Waals surface area contributed by atoms with E-state index in [0.29, 0.717) is 31.4 Å². The number of anilines is 1. The van der Waals surface area contributed by atoms with Crippen molar-refractivity contribution in [2.24, 2.45) is 0 Å². The highest BCUT2D eigenvalue weighted by molar-refractivity contribution is 7.89. The van der Waals surface area contributed by atoms with Gasteiger partial charge in [-0.3, -0.25) is 9.69 Å². The van der Waals surface area contributed by atoms with Gasteiger partial charge in [0.05, 0.1) is 11.4 Å². The van der Waals surface area contributed by atoms with E-state index in [1.54, 1.807) is 35.6 Å². The third kappa shape index (κ3) is 4.63. The molecule has 1 saturated carbocycles. The molecule has 1 saturated heterocycles. The molecule has 0 unspecified atom stereocenters. The van der Waals surface area contributed by atoms with Crippen molar-refractivity contribution in [3.05, 3.63) is 46.7 Å². The number of hydrogen-bond acceptors (Lipinski definition) is 5. The lowest BCUT2D eigenvalue weighted by Crippen LogP contribution is -2.34. The molecule has 6 nitrogen and oxygen atoms in total. The van der Waals surface area contributed by atoms with Crippen LogP contribution in [-0.4, -0.2) is 49.2 Å². The number of thiophene rings is 1. The van der Waals surface area contributed by atoms with E-state index in [1.807, 2.05) is 5.38 Å². The van der Waals surface area contributed by atoms with E-state index in [2.05, 4.69) is 21.7 Å². The number of nitrogens with zero attached hydrogens (tertiary/aromatic N) is 2. The maximum Gasteiger partial charge on any atom is 0.243 e. The Labute approximate surface area is 170 Å². The van der Waals surface area contributed by atoms with Crippen LogP contribution >= 0.6 is 11.3 Å². The molecule has 8 heteroatoms. The summed E-state index contributed by atoms with van der Waals surface area (Å²) in [6.07, 6.45) is 4.05. The molecule has 0 atom stereocenters. The van der Waals surface area contributed by atoms with Crippen LogP contribution in [-0.2, 0) is 21.4 Å². The van der Waals surface area contributed by atoms with Gasteiger partial charge in [-0.05, 0) is 66.3 Å². The zero-order valence-corrected chi connectivity index (χ0v) is 17.3. The fraction of sp³-hybridized carbons (Fsp3) is 0.450. The van der Waals surface area contributed by atoms with E-state index in [4.69, 9.17) is 0 Å². The van der Waals surface area contributed by atoms with Crippen molar-refractivity contribution in [1.82, 2.24) is 9.21 Å². The molecule has 1 aromatic heterocycles. The highest BCUT2D eigenvalue weighted by atomic mass is 32.2. The first-order chi connectivity index (χ1) is 13.5. The first kappa shape index (κ1) is 19.6. The van der Waals surface area contributed by atoms with Gasteiger partial charge in [0.25, 0.3) is 0 Å².